The Hall–Kier alpha value is -2.47. The quantitative estimate of drug-likeness (QED) is 0.489. The van der Waals surface area contributed by atoms with E-state index in [9.17, 15) is 0 Å². The minimum absolute atomic E-state index is 0.571. The Morgan fingerprint density at radius 1 is 1.07 bits per heavy atom. The van der Waals surface area contributed by atoms with Gasteiger partial charge in [0, 0.05) is 37.6 Å². The third kappa shape index (κ3) is 4.27. The largest absolute Gasteiger partial charge is 0.311 e. The van der Waals surface area contributed by atoms with Crippen molar-refractivity contribution in [2.75, 3.05) is 19.6 Å². The lowest BCUT2D eigenvalue weighted by atomic mass is 10.1. The molecule has 2 aromatic carbocycles. The minimum atomic E-state index is 0.571. The first-order valence-corrected chi connectivity index (χ1v) is 11.3. The Labute approximate surface area is 175 Å². The van der Waals surface area contributed by atoms with Crippen molar-refractivity contribution in [3.63, 3.8) is 0 Å². The van der Waals surface area contributed by atoms with Crippen molar-refractivity contribution in [2.24, 2.45) is 0 Å². The van der Waals surface area contributed by atoms with Crippen LogP contribution < -0.4 is 5.32 Å². The van der Waals surface area contributed by atoms with Gasteiger partial charge in [-0.1, -0.05) is 42.5 Å². The molecule has 0 aliphatic carbocycles. The van der Waals surface area contributed by atoms with E-state index in [1.807, 2.05) is 6.20 Å². The van der Waals surface area contributed by atoms with Crippen LogP contribution in [0.4, 0.5) is 0 Å². The van der Waals surface area contributed by atoms with Gasteiger partial charge in [-0.25, -0.2) is 0 Å². The maximum Gasteiger partial charge on any atom is 0.0689 e. The topological polar surface area (TPSA) is 33.1 Å². The maximum atomic E-state index is 4.62. The maximum absolute atomic E-state index is 4.62. The van der Waals surface area contributed by atoms with Gasteiger partial charge < -0.3 is 5.32 Å². The number of benzene rings is 2. The molecule has 0 radical (unpaired) electrons. The zero-order valence-corrected chi connectivity index (χ0v) is 17.3. The predicted molar refractivity (Wildman–Crippen MR) is 121 cm³/mol. The van der Waals surface area contributed by atoms with Crippen LogP contribution in [-0.4, -0.2) is 40.4 Å². The van der Waals surface area contributed by atoms with Crippen LogP contribution in [0.15, 0.2) is 71.6 Å². The van der Waals surface area contributed by atoms with E-state index in [1.165, 1.54) is 40.6 Å². The molecule has 4 aromatic rings. The van der Waals surface area contributed by atoms with Gasteiger partial charge in [-0.05, 0) is 46.0 Å². The summed E-state index contributed by atoms with van der Waals surface area (Å²) in [7, 11) is 0. The average Bonchev–Trinajstić information content (AvgIpc) is 3.50. The van der Waals surface area contributed by atoms with Crippen LogP contribution >= 0.6 is 11.3 Å². The molecule has 0 saturated carbocycles. The molecule has 1 N–H and O–H groups in total. The van der Waals surface area contributed by atoms with Gasteiger partial charge >= 0.3 is 0 Å². The molecule has 0 spiro atoms. The van der Waals surface area contributed by atoms with Crippen LogP contribution in [0.3, 0.4) is 0 Å². The molecule has 3 heterocycles. The first kappa shape index (κ1) is 18.6. The molecule has 1 saturated heterocycles. The molecule has 5 rings (SSSR count). The summed E-state index contributed by atoms with van der Waals surface area (Å²) in [6.45, 7) is 5.18. The van der Waals surface area contributed by atoms with Gasteiger partial charge in [0.25, 0.3) is 0 Å². The van der Waals surface area contributed by atoms with Crippen LogP contribution in [0.1, 0.15) is 12.0 Å². The molecule has 2 aromatic heterocycles. The summed E-state index contributed by atoms with van der Waals surface area (Å²) in [6.07, 6.45) is 3.19. The summed E-state index contributed by atoms with van der Waals surface area (Å²) < 4.78 is 2.13. The molecule has 5 heteroatoms. The van der Waals surface area contributed by atoms with E-state index in [2.05, 4.69) is 85.4 Å². The third-order valence-electron chi connectivity index (χ3n) is 5.78. The highest BCUT2D eigenvalue weighted by atomic mass is 32.1. The molecule has 0 bridgehead atoms. The van der Waals surface area contributed by atoms with Crippen molar-refractivity contribution in [1.82, 2.24) is 20.0 Å². The summed E-state index contributed by atoms with van der Waals surface area (Å²) in [5.41, 5.74) is 5.17. The zero-order chi connectivity index (χ0) is 19.5. The summed E-state index contributed by atoms with van der Waals surface area (Å²) in [4.78, 5) is 2.55. The van der Waals surface area contributed by atoms with E-state index in [0.29, 0.717) is 6.04 Å². The number of fused-ring (bicyclic) bond motifs is 1. The number of rotatable bonds is 7. The fourth-order valence-electron chi connectivity index (χ4n) is 4.22. The lowest BCUT2D eigenvalue weighted by Gasteiger charge is -2.17. The standard InChI is InChI=1S/C24H26N4S/c1-2-4-19(5-3-1)16-27-11-8-23(17-27)25-10-12-28-24-14-20(22-9-13-29-18-22)6-7-21(24)15-26-28/h1-7,9,13-15,18,23,25H,8,10-12,16-17H2. The van der Waals surface area contributed by atoms with Crippen LogP contribution in [0.5, 0.6) is 0 Å². The van der Waals surface area contributed by atoms with Crippen molar-refractivity contribution in [1.29, 1.82) is 0 Å². The highest BCUT2D eigenvalue weighted by molar-refractivity contribution is 7.08. The van der Waals surface area contributed by atoms with Gasteiger partial charge in [-0.2, -0.15) is 16.4 Å². The van der Waals surface area contributed by atoms with Crippen molar-refractivity contribution in [3.05, 3.63) is 77.1 Å². The molecule has 1 aliphatic rings. The Bertz CT molecular complexity index is 1060. The lowest BCUT2D eigenvalue weighted by Crippen LogP contribution is -2.34. The summed E-state index contributed by atoms with van der Waals surface area (Å²) in [5, 5.41) is 13.9. The number of nitrogens with one attached hydrogen (secondary N) is 1. The summed E-state index contributed by atoms with van der Waals surface area (Å²) in [6, 6.07) is 20.1. The number of thiophene rings is 1. The molecule has 0 amide bonds. The number of likely N-dealkylation sites (tertiary alicyclic amines) is 1. The van der Waals surface area contributed by atoms with Crippen molar-refractivity contribution in [3.8, 4) is 11.1 Å². The summed E-state index contributed by atoms with van der Waals surface area (Å²) in [5.74, 6) is 0. The SMILES string of the molecule is c1ccc(CN2CCC(NCCn3ncc4ccc(-c5ccsc5)cc43)C2)cc1. The van der Waals surface area contributed by atoms with Gasteiger partial charge in [0.05, 0.1) is 18.3 Å². The second-order valence-corrected chi connectivity index (χ2v) is 8.59. The molecule has 4 nitrogen and oxygen atoms in total. The molecule has 29 heavy (non-hydrogen) atoms. The van der Waals surface area contributed by atoms with Crippen LogP contribution in [-0.2, 0) is 13.1 Å². The van der Waals surface area contributed by atoms with Gasteiger partial charge in [-0.3, -0.25) is 9.58 Å². The zero-order valence-electron chi connectivity index (χ0n) is 16.5. The van der Waals surface area contributed by atoms with Crippen molar-refractivity contribution >= 4 is 22.2 Å². The van der Waals surface area contributed by atoms with Crippen molar-refractivity contribution < 1.29 is 0 Å². The second-order valence-electron chi connectivity index (χ2n) is 7.81. The van der Waals surface area contributed by atoms with Crippen molar-refractivity contribution in [2.45, 2.75) is 25.6 Å². The molecule has 1 fully saturated rings. The Morgan fingerprint density at radius 3 is 2.86 bits per heavy atom. The van der Waals surface area contributed by atoms with Gasteiger partial charge in [0.2, 0.25) is 0 Å². The first-order chi connectivity index (χ1) is 14.3. The molecular weight excluding hydrogens is 376 g/mol. The normalized spacial score (nSPS) is 17.3. The number of hydrogen-bond acceptors (Lipinski definition) is 4. The average molecular weight is 403 g/mol. The second kappa shape index (κ2) is 8.49. The van der Waals surface area contributed by atoms with Gasteiger partial charge in [-0.15, -0.1) is 0 Å². The predicted octanol–water partition coefficient (Wildman–Crippen LogP) is 4.63. The molecule has 1 unspecified atom stereocenters. The van der Waals surface area contributed by atoms with Gasteiger partial charge in [0.15, 0.2) is 0 Å². The highest BCUT2D eigenvalue weighted by Gasteiger charge is 2.21. The molecule has 148 valence electrons. The first-order valence-electron chi connectivity index (χ1n) is 10.3. The van der Waals surface area contributed by atoms with E-state index in [1.54, 1.807) is 11.3 Å². The number of hydrogen-bond donors (Lipinski definition) is 1. The smallest absolute Gasteiger partial charge is 0.0689 e. The van der Waals surface area contributed by atoms with E-state index in [4.69, 9.17) is 0 Å². The third-order valence-corrected chi connectivity index (χ3v) is 6.46. The lowest BCUT2D eigenvalue weighted by molar-refractivity contribution is 0.319. The molecule has 1 aliphatic heterocycles. The van der Waals surface area contributed by atoms with Gasteiger partial charge in [0.1, 0.15) is 0 Å². The summed E-state index contributed by atoms with van der Waals surface area (Å²) >= 11 is 1.74. The van der Waals surface area contributed by atoms with Crippen LogP contribution in [0, 0.1) is 0 Å². The minimum Gasteiger partial charge on any atom is -0.311 e. The van der Waals surface area contributed by atoms with E-state index < -0.39 is 0 Å². The number of aromatic nitrogens is 2. The molecule has 1 atom stereocenters. The highest BCUT2D eigenvalue weighted by Crippen LogP contribution is 2.26. The van der Waals surface area contributed by atoms with Crippen LogP contribution in [0.2, 0.25) is 0 Å². The van der Waals surface area contributed by atoms with E-state index in [0.717, 1.165) is 26.2 Å². The fourth-order valence-corrected chi connectivity index (χ4v) is 4.88. The van der Waals surface area contributed by atoms with E-state index in [-0.39, 0.29) is 0 Å². The monoisotopic (exact) mass is 402 g/mol. The Kier molecular flexibility index (Phi) is 5.43. The van der Waals surface area contributed by atoms with Crippen LogP contribution in [0.25, 0.3) is 22.0 Å². The Morgan fingerprint density at radius 2 is 2.00 bits per heavy atom. The fraction of sp³-hybridized carbons (Fsp3) is 0.292. The Balaban J connectivity index is 1.17. The number of nitrogens with zero attached hydrogens (tertiary/aromatic N) is 3. The van der Waals surface area contributed by atoms with E-state index >= 15 is 0 Å². The molecular formula is C24H26N4S.